The molecule has 0 atom stereocenters. The van der Waals surface area contributed by atoms with Crippen molar-refractivity contribution in [2.75, 3.05) is 4.90 Å². The Kier molecular flexibility index (Phi) is 8.09. The molecule has 54 heavy (non-hydrogen) atoms. The fourth-order valence-corrected chi connectivity index (χ4v) is 8.88. The van der Waals surface area contributed by atoms with Crippen LogP contribution < -0.4 is 4.90 Å². The third kappa shape index (κ3) is 5.93. The normalized spacial score (nSPS) is 11.3. The Bertz CT molecular complexity index is 2900. The van der Waals surface area contributed by atoms with Crippen LogP contribution in [0.1, 0.15) is 0 Å². The van der Waals surface area contributed by atoms with Crippen molar-refractivity contribution in [1.82, 2.24) is 0 Å². The fourth-order valence-electron chi connectivity index (χ4n) is 7.73. The summed E-state index contributed by atoms with van der Waals surface area (Å²) in [5.74, 6) is 0. The standard InChI is InChI=1S/C52H35NS/c1-2-10-36(11-3-1)41-14-8-15-42(34-41)37-20-27-44(28-21-37)53(46-31-24-40(25-32-46)48-18-9-13-39-12-4-5-16-47(39)48)45-29-22-38(23-30-45)43-26-33-50-49-17-6-7-19-51(49)54-52(50)35-43/h1-35H. The minimum atomic E-state index is 1.11. The molecule has 0 aliphatic rings. The van der Waals surface area contributed by atoms with Gasteiger partial charge in [0.05, 0.1) is 0 Å². The zero-order chi connectivity index (χ0) is 35.8. The molecule has 1 heterocycles. The summed E-state index contributed by atoms with van der Waals surface area (Å²) in [6, 6.07) is 77.1. The lowest BCUT2D eigenvalue weighted by molar-refractivity contribution is 1.28. The van der Waals surface area contributed by atoms with Gasteiger partial charge in [-0.15, -0.1) is 11.3 Å². The molecule has 0 radical (unpaired) electrons. The first kappa shape index (κ1) is 32.0. The quantitative estimate of drug-likeness (QED) is 0.160. The van der Waals surface area contributed by atoms with Crippen LogP contribution in [0.15, 0.2) is 212 Å². The van der Waals surface area contributed by atoms with E-state index in [9.17, 15) is 0 Å². The molecular weight excluding hydrogens is 671 g/mol. The first-order valence-electron chi connectivity index (χ1n) is 18.4. The molecule has 0 saturated carbocycles. The van der Waals surface area contributed by atoms with E-state index in [1.54, 1.807) is 0 Å². The summed E-state index contributed by atoms with van der Waals surface area (Å²) >= 11 is 1.86. The van der Waals surface area contributed by atoms with E-state index < -0.39 is 0 Å². The maximum absolute atomic E-state index is 2.36. The number of rotatable bonds is 7. The van der Waals surface area contributed by atoms with Gasteiger partial charge in [-0.1, -0.05) is 158 Å². The van der Waals surface area contributed by atoms with Crippen LogP contribution in [-0.2, 0) is 0 Å². The SMILES string of the molecule is c1ccc(-c2cccc(-c3ccc(N(c4ccc(-c5ccc6c(c5)sc5ccccc56)cc4)c4ccc(-c5cccc6ccccc56)cc4)cc3)c2)cc1. The summed E-state index contributed by atoms with van der Waals surface area (Å²) in [4.78, 5) is 2.36. The second-order valence-electron chi connectivity index (χ2n) is 13.8. The van der Waals surface area contributed by atoms with Crippen molar-refractivity contribution < 1.29 is 0 Å². The molecule has 0 saturated heterocycles. The molecule has 0 fully saturated rings. The molecule has 0 bridgehead atoms. The molecular formula is C52H35NS. The van der Waals surface area contributed by atoms with Gasteiger partial charge in [-0.2, -0.15) is 0 Å². The molecule has 9 aromatic carbocycles. The van der Waals surface area contributed by atoms with Gasteiger partial charge in [0.25, 0.3) is 0 Å². The van der Waals surface area contributed by atoms with Gasteiger partial charge in [0, 0.05) is 37.2 Å². The maximum Gasteiger partial charge on any atom is 0.0462 e. The smallest absolute Gasteiger partial charge is 0.0462 e. The second kappa shape index (κ2) is 13.7. The van der Waals surface area contributed by atoms with E-state index in [1.165, 1.54) is 75.5 Å². The average Bonchev–Trinajstić information content (AvgIpc) is 3.63. The van der Waals surface area contributed by atoms with Crippen molar-refractivity contribution in [2.45, 2.75) is 0 Å². The zero-order valence-electron chi connectivity index (χ0n) is 29.6. The first-order valence-corrected chi connectivity index (χ1v) is 19.2. The van der Waals surface area contributed by atoms with Gasteiger partial charge in [0.2, 0.25) is 0 Å². The number of anilines is 3. The van der Waals surface area contributed by atoms with Gasteiger partial charge >= 0.3 is 0 Å². The van der Waals surface area contributed by atoms with Crippen molar-refractivity contribution in [3.8, 4) is 44.5 Å². The van der Waals surface area contributed by atoms with Crippen molar-refractivity contribution in [3.63, 3.8) is 0 Å². The number of nitrogens with zero attached hydrogens (tertiary/aromatic N) is 1. The number of fused-ring (bicyclic) bond motifs is 4. The minimum Gasteiger partial charge on any atom is -0.311 e. The van der Waals surface area contributed by atoms with Crippen LogP contribution in [-0.4, -0.2) is 0 Å². The second-order valence-corrected chi connectivity index (χ2v) is 14.8. The molecule has 0 N–H and O–H groups in total. The number of hydrogen-bond donors (Lipinski definition) is 0. The summed E-state index contributed by atoms with van der Waals surface area (Å²) in [5, 5.41) is 5.17. The predicted molar refractivity (Wildman–Crippen MR) is 233 cm³/mol. The topological polar surface area (TPSA) is 3.24 Å². The van der Waals surface area contributed by atoms with Crippen LogP contribution in [0.4, 0.5) is 17.1 Å². The lowest BCUT2D eigenvalue weighted by Gasteiger charge is -2.26. The highest BCUT2D eigenvalue weighted by Gasteiger charge is 2.15. The Morgan fingerprint density at radius 2 is 0.741 bits per heavy atom. The van der Waals surface area contributed by atoms with E-state index >= 15 is 0 Å². The summed E-state index contributed by atoms with van der Waals surface area (Å²) < 4.78 is 2.65. The van der Waals surface area contributed by atoms with E-state index in [-0.39, 0.29) is 0 Å². The first-order chi connectivity index (χ1) is 26.7. The van der Waals surface area contributed by atoms with Crippen LogP contribution in [0, 0.1) is 0 Å². The fraction of sp³-hybridized carbons (Fsp3) is 0. The molecule has 254 valence electrons. The Balaban J connectivity index is 1.02. The van der Waals surface area contributed by atoms with Gasteiger partial charge in [-0.25, -0.2) is 0 Å². The molecule has 0 aliphatic carbocycles. The van der Waals surface area contributed by atoms with Crippen molar-refractivity contribution in [3.05, 3.63) is 212 Å². The number of thiophene rings is 1. The lowest BCUT2D eigenvalue weighted by atomic mass is 9.97. The van der Waals surface area contributed by atoms with Crippen LogP contribution in [0.25, 0.3) is 75.5 Å². The third-order valence-corrected chi connectivity index (χ3v) is 11.6. The summed E-state index contributed by atoms with van der Waals surface area (Å²) in [6.07, 6.45) is 0. The van der Waals surface area contributed by atoms with E-state index in [4.69, 9.17) is 0 Å². The predicted octanol–water partition coefficient (Wildman–Crippen LogP) is 15.3. The highest BCUT2D eigenvalue weighted by atomic mass is 32.1. The van der Waals surface area contributed by atoms with E-state index in [1.807, 2.05) is 11.3 Å². The van der Waals surface area contributed by atoms with E-state index in [0.29, 0.717) is 0 Å². The Morgan fingerprint density at radius 1 is 0.278 bits per heavy atom. The molecule has 0 spiro atoms. The molecule has 10 aromatic rings. The van der Waals surface area contributed by atoms with Gasteiger partial charge in [0.1, 0.15) is 0 Å². The Morgan fingerprint density at radius 3 is 1.43 bits per heavy atom. The number of hydrogen-bond acceptors (Lipinski definition) is 2. The lowest BCUT2D eigenvalue weighted by Crippen LogP contribution is -2.09. The molecule has 1 aromatic heterocycles. The average molecular weight is 706 g/mol. The van der Waals surface area contributed by atoms with Crippen LogP contribution in [0.3, 0.4) is 0 Å². The van der Waals surface area contributed by atoms with Gasteiger partial charge in [-0.3, -0.25) is 0 Å². The molecule has 2 heteroatoms. The van der Waals surface area contributed by atoms with Crippen molar-refractivity contribution >= 4 is 59.3 Å². The van der Waals surface area contributed by atoms with Gasteiger partial charge < -0.3 is 4.90 Å². The van der Waals surface area contributed by atoms with Crippen LogP contribution in [0.5, 0.6) is 0 Å². The van der Waals surface area contributed by atoms with Gasteiger partial charge in [0.15, 0.2) is 0 Å². The van der Waals surface area contributed by atoms with E-state index in [0.717, 1.165) is 17.1 Å². The minimum absolute atomic E-state index is 1.11. The molecule has 0 unspecified atom stereocenters. The largest absolute Gasteiger partial charge is 0.311 e. The summed E-state index contributed by atoms with van der Waals surface area (Å²) in [5.41, 5.74) is 13.0. The van der Waals surface area contributed by atoms with Crippen LogP contribution >= 0.6 is 11.3 Å². The molecule has 10 rings (SSSR count). The third-order valence-electron chi connectivity index (χ3n) is 10.5. The highest BCUT2D eigenvalue weighted by molar-refractivity contribution is 7.25. The highest BCUT2D eigenvalue weighted by Crippen LogP contribution is 2.40. The summed E-state index contributed by atoms with van der Waals surface area (Å²) in [6.45, 7) is 0. The summed E-state index contributed by atoms with van der Waals surface area (Å²) in [7, 11) is 0. The van der Waals surface area contributed by atoms with Crippen molar-refractivity contribution in [1.29, 1.82) is 0 Å². The molecule has 0 aliphatic heterocycles. The van der Waals surface area contributed by atoms with Crippen molar-refractivity contribution in [2.24, 2.45) is 0 Å². The van der Waals surface area contributed by atoms with E-state index in [2.05, 4.69) is 217 Å². The molecule has 1 nitrogen and oxygen atoms in total. The molecule has 0 amide bonds. The maximum atomic E-state index is 2.36. The Hall–Kier alpha value is -6.74. The Labute approximate surface area is 319 Å². The monoisotopic (exact) mass is 705 g/mol. The zero-order valence-corrected chi connectivity index (χ0v) is 30.4. The number of benzene rings is 9. The van der Waals surface area contributed by atoms with Gasteiger partial charge in [-0.05, 0) is 110 Å². The van der Waals surface area contributed by atoms with Crippen LogP contribution in [0.2, 0.25) is 0 Å².